The van der Waals surface area contributed by atoms with E-state index in [1.54, 1.807) is 6.07 Å². The Bertz CT molecular complexity index is 437. The van der Waals surface area contributed by atoms with Gasteiger partial charge in [0.25, 0.3) is 0 Å². The molecule has 0 bridgehead atoms. The molecule has 0 aromatic heterocycles. The first-order chi connectivity index (χ1) is 9.96. The van der Waals surface area contributed by atoms with Crippen molar-refractivity contribution in [1.82, 2.24) is 5.32 Å². The Morgan fingerprint density at radius 3 is 2.57 bits per heavy atom. The molecule has 1 saturated carbocycles. The minimum Gasteiger partial charge on any atom is -0.372 e. The quantitative estimate of drug-likeness (QED) is 0.801. The Hall–Kier alpha value is -0.930. The van der Waals surface area contributed by atoms with Crippen molar-refractivity contribution in [2.24, 2.45) is 5.92 Å². The van der Waals surface area contributed by atoms with Crippen molar-refractivity contribution in [1.29, 1.82) is 0 Å². The third kappa shape index (κ3) is 5.40. The van der Waals surface area contributed by atoms with E-state index in [4.69, 9.17) is 4.74 Å². The summed E-state index contributed by atoms with van der Waals surface area (Å²) in [5.74, 6) is 0.642. The molecule has 1 aromatic carbocycles. The number of hydrogen-bond acceptors (Lipinski definition) is 2. The summed E-state index contributed by atoms with van der Waals surface area (Å²) in [6.07, 6.45) is 4.89. The van der Waals surface area contributed by atoms with Gasteiger partial charge in [-0.15, -0.1) is 0 Å². The summed E-state index contributed by atoms with van der Waals surface area (Å²) in [5.41, 5.74) is 0.656. The first-order valence-electron chi connectivity index (χ1n) is 8.07. The average molecular weight is 293 g/mol. The van der Waals surface area contributed by atoms with Crippen LogP contribution in [0.1, 0.15) is 58.1 Å². The molecule has 21 heavy (non-hydrogen) atoms. The topological polar surface area (TPSA) is 21.3 Å². The van der Waals surface area contributed by atoms with Gasteiger partial charge >= 0.3 is 0 Å². The molecule has 1 atom stereocenters. The normalized spacial score (nSPS) is 17.5. The molecule has 1 fully saturated rings. The van der Waals surface area contributed by atoms with Crippen LogP contribution in [0.15, 0.2) is 24.3 Å². The van der Waals surface area contributed by atoms with Gasteiger partial charge in [0.1, 0.15) is 5.82 Å². The van der Waals surface area contributed by atoms with E-state index in [-0.39, 0.29) is 17.5 Å². The maximum Gasteiger partial charge on any atom is 0.129 e. The predicted molar refractivity (Wildman–Crippen MR) is 84.8 cm³/mol. The number of benzene rings is 1. The van der Waals surface area contributed by atoms with E-state index in [0.29, 0.717) is 12.1 Å². The van der Waals surface area contributed by atoms with Gasteiger partial charge in [0.2, 0.25) is 0 Å². The van der Waals surface area contributed by atoms with E-state index >= 15 is 0 Å². The first kappa shape index (κ1) is 16.4. The molecule has 0 saturated heterocycles. The van der Waals surface area contributed by atoms with Gasteiger partial charge in [0, 0.05) is 24.3 Å². The van der Waals surface area contributed by atoms with Crippen LogP contribution >= 0.6 is 0 Å². The maximum absolute atomic E-state index is 14.0. The number of nitrogens with one attached hydrogen (secondary N) is 1. The molecule has 1 N–H and O–H groups in total. The van der Waals surface area contributed by atoms with Gasteiger partial charge in [0.05, 0.1) is 6.10 Å². The Kier molecular flexibility index (Phi) is 5.77. The van der Waals surface area contributed by atoms with Crippen molar-refractivity contribution >= 4 is 0 Å². The molecule has 2 nitrogen and oxygen atoms in total. The molecular weight excluding hydrogens is 265 g/mol. The Balaban J connectivity index is 1.93. The number of hydrogen-bond donors (Lipinski definition) is 1. The molecule has 0 spiro atoms. The third-order valence-electron chi connectivity index (χ3n) is 4.14. The summed E-state index contributed by atoms with van der Waals surface area (Å²) in [6, 6.07) is 6.93. The van der Waals surface area contributed by atoms with Crippen LogP contribution in [0, 0.1) is 11.7 Å². The molecule has 3 heteroatoms. The van der Waals surface area contributed by atoms with Gasteiger partial charge in [-0.2, -0.15) is 0 Å². The number of ether oxygens (including phenoxy) is 1. The van der Waals surface area contributed by atoms with E-state index in [2.05, 4.69) is 26.1 Å². The van der Waals surface area contributed by atoms with E-state index in [1.165, 1.54) is 25.3 Å². The van der Waals surface area contributed by atoms with Crippen LogP contribution in [0.4, 0.5) is 4.39 Å². The lowest BCUT2D eigenvalue weighted by molar-refractivity contribution is 0.0316. The van der Waals surface area contributed by atoms with Gasteiger partial charge in [-0.1, -0.05) is 37.5 Å². The second-order valence-corrected chi connectivity index (χ2v) is 7.10. The summed E-state index contributed by atoms with van der Waals surface area (Å²) in [7, 11) is 0. The zero-order valence-electron chi connectivity index (χ0n) is 13.5. The molecular formula is C18H28FNO. The van der Waals surface area contributed by atoms with Crippen LogP contribution in [0.2, 0.25) is 0 Å². The fraction of sp³-hybridized carbons (Fsp3) is 0.667. The van der Waals surface area contributed by atoms with Crippen molar-refractivity contribution in [2.75, 3.05) is 13.2 Å². The van der Waals surface area contributed by atoms with Crippen LogP contribution in [0.3, 0.4) is 0 Å². The average Bonchev–Trinajstić information content (AvgIpc) is 2.36. The molecule has 0 amide bonds. The standard InChI is InChI=1S/C18H28FNO/c1-18(2,3)20-13-17(15-9-4-5-10-16(15)19)21-12-11-14-7-6-8-14/h4-5,9-10,14,17,20H,6-8,11-13H2,1-3H3. The van der Waals surface area contributed by atoms with Crippen molar-refractivity contribution in [3.8, 4) is 0 Å². The summed E-state index contributed by atoms with van der Waals surface area (Å²) in [6.45, 7) is 7.68. The molecule has 2 rings (SSSR count). The van der Waals surface area contributed by atoms with Crippen LogP contribution in [0.5, 0.6) is 0 Å². The lowest BCUT2D eigenvalue weighted by atomic mass is 9.83. The fourth-order valence-electron chi connectivity index (χ4n) is 2.55. The van der Waals surface area contributed by atoms with Crippen LogP contribution < -0.4 is 5.32 Å². The van der Waals surface area contributed by atoms with Crippen LogP contribution in [0.25, 0.3) is 0 Å². The maximum atomic E-state index is 14.0. The minimum absolute atomic E-state index is 0.000832. The molecule has 0 aliphatic heterocycles. The largest absolute Gasteiger partial charge is 0.372 e. The summed E-state index contributed by atoms with van der Waals surface area (Å²) >= 11 is 0. The monoisotopic (exact) mass is 293 g/mol. The van der Waals surface area contributed by atoms with E-state index in [1.807, 2.05) is 12.1 Å². The van der Waals surface area contributed by atoms with Crippen molar-refractivity contribution < 1.29 is 9.13 Å². The molecule has 1 unspecified atom stereocenters. The van der Waals surface area contributed by atoms with Crippen LogP contribution in [-0.4, -0.2) is 18.7 Å². The number of rotatable bonds is 7. The SMILES string of the molecule is CC(C)(C)NCC(OCCC1CCC1)c1ccccc1F. The second-order valence-electron chi connectivity index (χ2n) is 7.10. The molecule has 0 radical (unpaired) electrons. The molecule has 118 valence electrons. The van der Waals surface area contributed by atoms with Crippen molar-refractivity contribution in [3.05, 3.63) is 35.6 Å². The zero-order chi connectivity index (χ0) is 15.3. The van der Waals surface area contributed by atoms with Crippen molar-refractivity contribution in [2.45, 2.75) is 58.1 Å². The zero-order valence-corrected chi connectivity index (χ0v) is 13.5. The van der Waals surface area contributed by atoms with Gasteiger partial charge in [0.15, 0.2) is 0 Å². The van der Waals surface area contributed by atoms with Gasteiger partial charge in [-0.3, -0.25) is 0 Å². The first-order valence-corrected chi connectivity index (χ1v) is 8.07. The molecule has 1 aliphatic rings. The van der Waals surface area contributed by atoms with Crippen LogP contribution in [-0.2, 0) is 4.74 Å². The van der Waals surface area contributed by atoms with E-state index < -0.39 is 0 Å². The molecule has 1 aromatic rings. The van der Waals surface area contributed by atoms with Gasteiger partial charge in [-0.25, -0.2) is 4.39 Å². The second kappa shape index (κ2) is 7.37. The third-order valence-corrected chi connectivity index (χ3v) is 4.14. The Morgan fingerprint density at radius 2 is 2.00 bits per heavy atom. The summed E-state index contributed by atoms with van der Waals surface area (Å²) < 4.78 is 20.0. The van der Waals surface area contributed by atoms with Gasteiger partial charge < -0.3 is 10.1 Å². The lowest BCUT2D eigenvalue weighted by Gasteiger charge is -2.28. The Labute approximate surface area is 128 Å². The Morgan fingerprint density at radius 1 is 1.29 bits per heavy atom. The van der Waals surface area contributed by atoms with Crippen molar-refractivity contribution in [3.63, 3.8) is 0 Å². The fourth-order valence-corrected chi connectivity index (χ4v) is 2.55. The molecule has 1 aliphatic carbocycles. The highest BCUT2D eigenvalue weighted by Gasteiger charge is 2.21. The predicted octanol–water partition coefficient (Wildman–Crippen LogP) is 4.46. The van der Waals surface area contributed by atoms with Gasteiger partial charge in [-0.05, 0) is 39.2 Å². The summed E-state index contributed by atoms with van der Waals surface area (Å²) in [4.78, 5) is 0. The number of halogens is 1. The lowest BCUT2D eigenvalue weighted by Crippen LogP contribution is -2.39. The van der Waals surface area contributed by atoms with E-state index in [0.717, 1.165) is 18.9 Å². The minimum atomic E-state index is -0.217. The smallest absolute Gasteiger partial charge is 0.129 e. The molecule has 0 heterocycles. The highest BCUT2D eigenvalue weighted by atomic mass is 19.1. The summed E-state index contributed by atoms with van der Waals surface area (Å²) in [5, 5.41) is 3.42. The highest BCUT2D eigenvalue weighted by molar-refractivity contribution is 5.20. The highest BCUT2D eigenvalue weighted by Crippen LogP contribution is 2.30. The van der Waals surface area contributed by atoms with E-state index in [9.17, 15) is 4.39 Å².